The number of nitrogens with zero attached hydrogens (tertiary/aromatic N) is 1. The van der Waals surface area contributed by atoms with Gasteiger partial charge < -0.3 is 4.90 Å². The summed E-state index contributed by atoms with van der Waals surface area (Å²) in [5, 5.41) is -1.43. The zero-order chi connectivity index (χ0) is 21.6. The fourth-order valence-electron chi connectivity index (χ4n) is 3.52. The van der Waals surface area contributed by atoms with Crippen molar-refractivity contribution < 1.29 is 25.9 Å². The molecule has 0 aromatic rings. The normalized spacial score (nSPS) is 19.2. The molecule has 0 aromatic heterocycles. The van der Waals surface area contributed by atoms with Crippen LogP contribution in [0.2, 0.25) is 0 Å². The Labute approximate surface area is 172 Å². The van der Waals surface area contributed by atoms with Crippen molar-refractivity contribution in [1.29, 1.82) is 0 Å². The van der Waals surface area contributed by atoms with Crippen molar-refractivity contribution in [3.63, 3.8) is 0 Å². The third-order valence-corrected chi connectivity index (χ3v) is 7.37. The molecule has 7 nitrogen and oxygen atoms in total. The molecule has 1 rings (SSSR count). The molecular weight excluding hydrogens is 402 g/mol. The van der Waals surface area contributed by atoms with E-state index in [0.29, 0.717) is 6.42 Å². The summed E-state index contributed by atoms with van der Waals surface area (Å²) in [6, 6.07) is 0. The topological polar surface area (TPSA) is 112 Å². The molecule has 0 saturated carbocycles. The molecule has 0 radical (unpaired) electrons. The second kappa shape index (κ2) is 14.7. The number of rotatable bonds is 13. The summed E-state index contributed by atoms with van der Waals surface area (Å²) in [5.74, 6) is 0.0712. The molecule has 1 aliphatic rings. The van der Waals surface area contributed by atoms with Gasteiger partial charge in [0.15, 0.2) is 0 Å². The van der Waals surface area contributed by atoms with Gasteiger partial charge in [-0.2, -0.15) is 16.8 Å². The van der Waals surface area contributed by atoms with Crippen LogP contribution in [0.15, 0.2) is 0 Å². The van der Waals surface area contributed by atoms with Crippen LogP contribution in [0.25, 0.3) is 0 Å². The summed E-state index contributed by atoms with van der Waals surface area (Å²) in [5.41, 5.74) is 0. The number of hydrogen-bond donors (Lipinski definition) is 2. The van der Waals surface area contributed by atoms with Crippen molar-refractivity contribution in [3.05, 3.63) is 0 Å². The van der Waals surface area contributed by atoms with E-state index in [-0.39, 0.29) is 6.42 Å². The third-order valence-electron chi connectivity index (χ3n) is 5.09. The van der Waals surface area contributed by atoms with Crippen LogP contribution in [0.4, 0.5) is 0 Å². The molecule has 2 atom stereocenters. The Morgan fingerprint density at radius 1 is 0.929 bits per heavy atom. The van der Waals surface area contributed by atoms with Crippen molar-refractivity contribution in [2.24, 2.45) is 5.92 Å². The van der Waals surface area contributed by atoms with E-state index in [1.165, 1.54) is 58.2 Å². The lowest BCUT2D eigenvalue weighted by atomic mass is 10.0. The number of unbranched alkanes of at least 4 members (excludes halogenated alkanes) is 4. The molecule has 1 heterocycles. The van der Waals surface area contributed by atoms with E-state index in [2.05, 4.69) is 18.7 Å². The summed E-state index contributed by atoms with van der Waals surface area (Å²) < 4.78 is 59.8. The van der Waals surface area contributed by atoms with Gasteiger partial charge in [0, 0.05) is 6.54 Å². The molecular formula is C19H41NO6S2. The summed E-state index contributed by atoms with van der Waals surface area (Å²) in [6.45, 7) is 10.6. The Morgan fingerprint density at radius 2 is 1.54 bits per heavy atom. The molecule has 2 N–H and O–H groups in total. The van der Waals surface area contributed by atoms with Gasteiger partial charge in [-0.3, -0.25) is 9.11 Å². The van der Waals surface area contributed by atoms with Crippen molar-refractivity contribution in [2.45, 2.75) is 90.2 Å². The van der Waals surface area contributed by atoms with Gasteiger partial charge in [-0.15, -0.1) is 0 Å². The molecule has 1 saturated heterocycles. The van der Waals surface area contributed by atoms with Gasteiger partial charge in [0.1, 0.15) is 5.25 Å². The lowest BCUT2D eigenvalue weighted by Crippen LogP contribution is -2.29. The molecule has 170 valence electrons. The highest BCUT2D eigenvalue weighted by molar-refractivity contribution is 7.90. The molecule has 0 aliphatic carbocycles. The molecule has 28 heavy (non-hydrogen) atoms. The van der Waals surface area contributed by atoms with E-state index in [9.17, 15) is 16.8 Å². The highest BCUT2D eigenvalue weighted by Gasteiger charge is 2.27. The molecule has 0 amide bonds. The average Bonchev–Trinajstić information content (AvgIpc) is 3.01. The van der Waals surface area contributed by atoms with Crippen LogP contribution in [0, 0.1) is 5.92 Å². The van der Waals surface area contributed by atoms with Gasteiger partial charge in [0.2, 0.25) is 0 Å². The molecule has 0 aromatic carbocycles. The minimum atomic E-state index is -4.42. The third kappa shape index (κ3) is 14.7. The SMILES string of the molecule is CCCCCC(CS(=O)(=O)O)S(=O)(=O)O.CCCCCN1CCC(CCC)C1. The van der Waals surface area contributed by atoms with Gasteiger partial charge in [0.25, 0.3) is 20.2 Å². The first-order chi connectivity index (χ1) is 13.0. The van der Waals surface area contributed by atoms with Crippen LogP contribution in [0.5, 0.6) is 0 Å². The minimum Gasteiger partial charge on any atom is -0.303 e. The summed E-state index contributed by atoms with van der Waals surface area (Å²) in [7, 11) is -8.80. The first kappa shape index (κ1) is 27.8. The maximum absolute atomic E-state index is 10.8. The Kier molecular flexibility index (Phi) is 14.6. The summed E-state index contributed by atoms with van der Waals surface area (Å²) in [4.78, 5) is 2.66. The molecule has 1 aliphatic heterocycles. The second-order valence-electron chi connectivity index (χ2n) is 7.83. The first-order valence-electron chi connectivity index (χ1n) is 10.7. The number of likely N-dealkylation sites (tertiary alicyclic amines) is 1. The van der Waals surface area contributed by atoms with E-state index >= 15 is 0 Å². The van der Waals surface area contributed by atoms with Crippen molar-refractivity contribution >= 4 is 20.2 Å². The predicted octanol–water partition coefficient (Wildman–Crippen LogP) is 4.01. The zero-order valence-electron chi connectivity index (χ0n) is 17.8. The molecule has 0 bridgehead atoms. The fraction of sp³-hybridized carbons (Fsp3) is 1.00. The van der Waals surface area contributed by atoms with E-state index < -0.39 is 31.2 Å². The quantitative estimate of drug-likeness (QED) is 0.327. The Morgan fingerprint density at radius 3 is 2.04 bits per heavy atom. The summed E-state index contributed by atoms with van der Waals surface area (Å²) >= 11 is 0. The lowest BCUT2D eigenvalue weighted by molar-refractivity contribution is 0.312. The lowest BCUT2D eigenvalue weighted by Gasteiger charge is -2.15. The zero-order valence-corrected chi connectivity index (χ0v) is 19.5. The fourth-order valence-corrected chi connectivity index (χ4v) is 5.83. The Balaban J connectivity index is 0.000000525. The van der Waals surface area contributed by atoms with E-state index in [0.717, 1.165) is 18.8 Å². The standard InChI is InChI=1S/C12H25N.C7H16O6S2/c1-3-5-6-9-13-10-8-12(11-13)7-4-2;1-2-3-4-5-7(15(11,12)13)6-14(8,9)10/h12H,3-11H2,1-2H3;7H,2-6H2,1H3,(H,8,9,10)(H,11,12,13). The van der Waals surface area contributed by atoms with Crippen LogP contribution in [0.3, 0.4) is 0 Å². The highest BCUT2D eigenvalue weighted by Crippen LogP contribution is 2.21. The van der Waals surface area contributed by atoms with Gasteiger partial charge in [0.05, 0.1) is 5.75 Å². The number of hydrogen-bond acceptors (Lipinski definition) is 5. The molecule has 9 heteroatoms. The van der Waals surface area contributed by atoms with E-state index in [4.69, 9.17) is 9.11 Å². The minimum absolute atomic E-state index is 0.0342. The maximum Gasteiger partial charge on any atom is 0.268 e. The van der Waals surface area contributed by atoms with Crippen molar-refractivity contribution in [3.8, 4) is 0 Å². The average molecular weight is 444 g/mol. The Bertz CT molecular complexity index is 592. The summed E-state index contributed by atoms with van der Waals surface area (Å²) in [6.07, 6.45) is 10.6. The first-order valence-corrected chi connectivity index (χ1v) is 13.8. The van der Waals surface area contributed by atoms with Gasteiger partial charge in [-0.1, -0.05) is 59.3 Å². The van der Waals surface area contributed by atoms with Crippen LogP contribution in [0.1, 0.15) is 85.0 Å². The van der Waals surface area contributed by atoms with Gasteiger partial charge in [-0.05, 0) is 44.7 Å². The van der Waals surface area contributed by atoms with Crippen molar-refractivity contribution in [2.75, 3.05) is 25.4 Å². The highest BCUT2D eigenvalue weighted by atomic mass is 32.2. The van der Waals surface area contributed by atoms with E-state index in [1.807, 2.05) is 6.92 Å². The van der Waals surface area contributed by atoms with Crippen molar-refractivity contribution in [1.82, 2.24) is 4.90 Å². The molecule has 1 fully saturated rings. The van der Waals surface area contributed by atoms with Crippen LogP contribution < -0.4 is 0 Å². The Hall–Kier alpha value is -0.220. The molecule has 0 spiro atoms. The largest absolute Gasteiger partial charge is 0.303 e. The smallest absolute Gasteiger partial charge is 0.268 e. The predicted molar refractivity (Wildman–Crippen MR) is 115 cm³/mol. The van der Waals surface area contributed by atoms with Gasteiger partial charge in [-0.25, -0.2) is 0 Å². The van der Waals surface area contributed by atoms with E-state index in [1.54, 1.807) is 0 Å². The monoisotopic (exact) mass is 443 g/mol. The van der Waals surface area contributed by atoms with Gasteiger partial charge >= 0.3 is 0 Å². The molecule has 2 unspecified atom stereocenters. The second-order valence-corrected chi connectivity index (χ2v) is 11.0. The van der Waals surface area contributed by atoms with Crippen LogP contribution in [-0.4, -0.2) is 61.5 Å². The maximum atomic E-state index is 10.8. The van der Waals surface area contributed by atoms with Crippen LogP contribution in [-0.2, 0) is 20.2 Å². The van der Waals surface area contributed by atoms with Crippen LogP contribution >= 0.6 is 0 Å².